The minimum Gasteiger partial charge on any atom is -0.493 e. The maximum absolute atomic E-state index is 14.3. The molecule has 0 saturated heterocycles. The SMILES string of the molecule is COc1cc2c(cc1OC)CN(C(=O)C(c1ccccc1)N1Cc3ccccc3C1=O)C(C(N)=O)C2. The van der Waals surface area contributed by atoms with Gasteiger partial charge < -0.3 is 25.0 Å². The van der Waals surface area contributed by atoms with Gasteiger partial charge in [-0.15, -0.1) is 0 Å². The zero-order valence-electron chi connectivity index (χ0n) is 20.1. The lowest BCUT2D eigenvalue weighted by molar-refractivity contribution is -0.144. The van der Waals surface area contributed by atoms with E-state index in [1.165, 1.54) is 4.90 Å². The van der Waals surface area contributed by atoms with Crippen LogP contribution in [-0.4, -0.2) is 47.8 Å². The number of fused-ring (bicyclic) bond motifs is 2. The van der Waals surface area contributed by atoms with Crippen molar-refractivity contribution >= 4 is 17.7 Å². The van der Waals surface area contributed by atoms with Gasteiger partial charge in [-0.25, -0.2) is 0 Å². The van der Waals surface area contributed by atoms with Crippen molar-refractivity contribution < 1.29 is 23.9 Å². The molecule has 5 rings (SSSR count). The van der Waals surface area contributed by atoms with Crippen LogP contribution in [0.15, 0.2) is 66.7 Å². The molecule has 8 nitrogen and oxygen atoms in total. The predicted molar refractivity (Wildman–Crippen MR) is 132 cm³/mol. The van der Waals surface area contributed by atoms with Gasteiger partial charge >= 0.3 is 0 Å². The number of methoxy groups -OCH3 is 2. The lowest BCUT2D eigenvalue weighted by atomic mass is 9.91. The van der Waals surface area contributed by atoms with E-state index in [1.807, 2.05) is 60.7 Å². The molecule has 2 atom stereocenters. The summed E-state index contributed by atoms with van der Waals surface area (Å²) >= 11 is 0. The van der Waals surface area contributed by atoms with Crippen LogP contribution in [0.5, 0.6) is 11.5 Å². The molecule has 2 unspecified atom stereocenters. The van der Waals surface area contributed by atoms with E-state index < -0.39 is 18.0 Å². The van der Waals surface area contributed by atoms with Crippen LogP contribution in [0.1, 0.15) is 38.7 Å². The molecule has 184 valence electrons. The summed E-state index contributed by atoms with van der Waals surface area (Å²) in [7, 11) is 3.09. The second-order valence-electron chi connectivity index (χ2n) is 8.97. The Morgan fingerprint density at radius 2 is 1.53 bits per heavy atom. The summed E-state index contributed by atoms with van der Waals surface area (Å²) in [6.07, 6.45) is 0.243. The van der Waals surface area contributed by atoms with Crippen LogP contribution in [-0.2, 0) is 29.1 Å². The summed E-state index contributed by atoms with van der Waals surface area (Å²) in [4.78, 5) is 43.3. The second-order valence-corrected chi connectivity index (χ2v) is 8.97. The largest absolute Gasteiger partial charge is 0.493 e. The molecule has 0 bridgehead atoms. The molecule has 3 aromatic rings. The molecule has 0 radical (unpaired) electrons. The summed E-state index contributed by atoms with van der Waals surface area (Å²) in [5.41, 5.74) is 9.61. The van der Waals surface area contributed by atoms with E-state index in [2.05, 4.69) is 0 Å². The van der Waals surface area contributed by atoms with Gasteiger partial charge in [-0.1, -0.05) is 48.5 Å². The van der Waals surface area contributed by atoms with Crippen LogP contribution in [0.3, 0.4) is 0 Å². The van der Waals surface area contributed by atoms with E-state index >= 15 is 0 Å². The van der Waals surface area contributed by atoms with Crippen LogP contribution >= 0.6 is 0 Å². The van der Waals surface area contributed by atoms with E-state index in [9.17, 15) is 14.4 Å². The standard InChI is InChI=1S/C28H27N3O5/c1-35-23-13-19-12-22(26(29)32)30(16-20(19)14-24(23)36-2)28(34)25(17-8-4-3-5-9-17)31-15-18-10-6-7-11-21(18)27(31)33/h3-11,13-14,22,25H,12,15-16H2,1-2H3,(H2,29,32). The average molecular weight is 486 g/mol. The van der Waals surface area contributed by atoms with Crippen molar-refractivity contribution in [2.45, 2.75) is 31.6 Å². The lowest BCUT2D eigenvalue weighted by Gasteiger charge is -2.39. The van der Waals surface area contributed by atoms with Crippen LogP contribution in [0.2, 0.25) is 0 Å². The topological polar surface area (TPSA) is 102 Å². The number of hydrogen-bond acceptors (Lipinski definition) is 5. The van der Waals surface area contributed by atoms with Crippen molar-refractivity contribution in [1.29, 1.82) is 0 Å². The number of carbonyl (C=O) groups is 3. The maximum Gasteiger partial charge on any atom is 0.255 e. The minimum atomic E-state index is -0.908. The third-order valence-corrected chi connectivity index (χ3v) is 6.96. The molecule has 2 aliphatic heterocycles. The molecule has 0 aliphatic carbocycles. The van der Waals surface area contributed by atoms with Gasteiger partial charge in [0.25, 0.3) is 11.8 Å². The van der Waals surface area contributed by atoms with Crippen molar-refractivity contribution in [1.82, 2.24) is 9.80 Å². The summed E-state index contributed by atoms with van der Waals surface area (Å²) in [6.45, 7) is 0.456. The fourth-order valence-corrected chi connectivity index (χ4v) is 5.13. The number of nitrogens with zero attached hydrogens (tertiary/aromatic N) is 2. The number of amides is 3. The third kappa shape index (κ3) is 3.94. The van der Waals surface area contributed by atoms with E-state index in [0.717, 1.165) is 16.7 Å². The minimum absolute atomic E-state index is 0.153. The number of primary amides is 1. The number of ether oxygens (including phenoxy) is 2. The van der Waals surface area contributed by atoms with Gasteiger partial charge in [0, 0.05) is 25.1 Å². The molecule has 2 aliphatic rings. The Labute approximate surface area is 209 Å². The zero-order valence-corrected chi connectivity index (χ0v) is 20.1. The number of nitrogens with two attached hydrogens (primary N) is 1. The number of carbonyl (C=O) groups excluding carboxylic acids is 3. The van der Waals surface area contributed by atoms with Crippen molar-refractivity contribution in [3.63, 3.8) is 0 Å². The van der Waals surface area contributed by atoms with Crippen LogP contribution < -0.4 is 15.2 Å². The zero-order chi connectivity index (χ0) is 25.4. The summed E-state index contributed by atoms with van der Waals surface area (Å²) < 4.78 is 10.9. The first-order valence-corrected chi connectivity index (χ1v) is 11.7. The molecule has 3 aromatic carbocycles. The van der Waals surface area contributed by atoms with E-state index in [1.54, 1.807) is 25.2 Å². The average Bonchev–Trinajstić information content (AvgIpc) is 3.23. The fourth-order valence-electron chi connectivity index (χ4n) is 5.13. The van der Waals surface area contributed by atoms with Gasteiger partial charge in [0.2, 0.25) is 5.91 Å². The number of benzene rings is 3. The van der Waals surface area contributed by atoms with Gasteiger partial charge in [0.1, 0.15) is 12.1 Å². The van der Waals surface area contributed by atoms with Crippen LogP contribution in [0.4, 0.5) is 0 Å². The molecular weight excluding hydrogens is 458 g/mol. The Bertz CT molecular complexity index is 1340. The summed E-state index contributed by atoms with van der Waals surface area (Å²) in [5, 5.41) is 0. The smallest absolute Gasteiger partial charge is 0.255 e. The Morgan fingerprint density at radius 1 is 0.889 bits per heavy atom. The molecule has 0 aromatic heterocycles. The molecule has 8 heteroatoms. The van der Waals surface area contributed by atoms with Crippen molar-refractivity contribution in [3.05, 3.63) is 94.5 Å². The number of hydrogen-bond donors (Lipinski definition) is 1. The first-order valence-electron chi connectivity index (χ1n) is 11.7. The lowest BCUT2D eigenvalue weighted by Crippen LogP contribution is -2.54. The molecule has 0 saturated carbocycles. The highest BCUT2D eigenvalue weighted by Crippen LogP contribution is 2.38. The van der Waals surface area contributed by atoms with Gasteiger partial charge in [0.05, 0.1) is 14.2 Å². The van der Waals surface area contributed by atoms with Crippen molar-refractivity contribution in [2.75, 3.05) is 14.2 Å². The molecule has 3 amide bonds. The van der Waals surface area contributed by atoms with Crippen molar-refractivity contribution in [2.24, 2.45) is 5.73 Å². The van der Waals surface area contributed by atoms with Crippen LogP contribution in [0, 0.1) is 0 Å². The van der Waals surface area contributed by atoms with Gasteiger partial charge in [-0.05, 0) is 40.5 Å². The summed E-state index contributed by atoms with van der Waals surface area (Å²) in [6, 6.07) is 18.4. The van der Waals surface area contributed by atoms with Crippen molar-refractivity contribution in [3.8, 4) is 11.5 Å². The third-order valence-electron chi connectivity index (χ3n) is 6.96. The van der Waals surface area contributed by atoms with Gasteiger partial charge in [0.15, 0.2) is 11.5 Å². The van der Waals surface area contributed by atoms with E-state index in [4.69, 9.17) is 15.2 Å². The molecule has 2 heterocycles. The van der Waals surface area contributed by atoms with E-state index in [-0.39, 0.29) is 24.8 Å². The number of rotatable bonds is 6. The Morgan fingerprint density at radius 3 is 2.17 bits per heavy atom. The Kier molecular flexibility index (Phi) is 6.10. The summed E-state index contributed by atoms with van der Waals surface area (Å²) in [5.74, 6) is -0.0988. The predicted octanol–water partition coefficient (Wildman–Crippen LogP) is 2.84. The highest BCUT2D eigenvalue weighted by atomic mass is 16.5. The molecule has 2 N–H and O–H groups in total. The van der Waals surface area contributed by atoms with Gasteiger partial charge in [-0.2, -0.15) is 0 Å². The quantitative estimate of drug-likeness (QED) is 0.579. The second kappa shape index (κ2) is 9.37. The van der Waals surface area contributed by atoms with Gasteiger partial charge in [-0.3, -0.25) is 14.4 Å². The first kappa shape index (κ1) is 23.4. The molecule has 0 fully saturated rings. The monoisotopic (exact) mass is 485 g/mol. The first-order chi connectivity index (χ1) is 17.4. The highest BCUT2D eigenvalue weighted by Gasteiger charge is 2.43. The Balaban J connectivity index is 1.56. The van der Waals surface area contributed by atoms with E-state index in [0.29, 0.717) is 29.2 Å². The highest BCUT2D eigenvalue weighted by molar-refractivity contribution is 6.02. The Hall–Kier alpha value is -4.33. The molecular formula is C28H27N3O5. The molecule has 0 spiro atoms. The molecule has 36 heavy (non-hydrogen) atoms. The van der Waals surface area contributed by atoms with Crippen LogP contribution in [0.25, 0.3) is 0 Å². The maximum atomic E-state index is 14.3. The normalized spacial score (nSPS) is 17.3. The fraction of sp³-hybridized carbons (Fsp3) is 0.250.